The number of hydrogen-bond acceptors (Lipinski definition) is 3. The van der Waals surface area contributed by atoms with Crippen LogP contribution in [0.25, 0.3) is 0 Å². The average Bonchev–Trinajstić information content (AvgIpc) is 2.93. The molecule has 2 atom stereocenters. The van der Waals surface area contributed by atoms with Gasteiger partial charge in [0.2, 0.25) is 0 Å². The molecule has 2 rings (SSSR count). The summed E-state index contributed by atoms with van der Waals surface area (Å²) in [6, 6.07) is 14.4. The zero-order valence-electron chi connectivity index (χ0n) is 10.5. The summed E-state index contributed by atoms with van der Waals surface area (Å²) < 4.78 is 0. The maximum absolute atomic E-state index is 9.94. The number of thiophene rings is 1. The third kappa shape index (κ3) is 3.67. The van der Waals surface area contributed by atoms with Crippen molar-refractivity contribution >= 4 is 11.3 Å². The van der Waals surface area contributed by atoms with Crippen LogP contribution in [0.4, 0.5) is 0 Å². The van der Waals surface area contributed by atoms with Gasteiger partial charge in [-0.2, -0.15) is 0 Å². The van der Waals surface area contributed by atoms with Crippen molar-refractivity contribution in [1.29, 1.82) is 0 Å². The summed E-state index contributed by atoms with van der Waals surface area (Å²) in [6.45, 7) is 3.68. The average molecular weight is 261 g/mol. The first-order valence-corrected chi connectivity index (χ1v) is 7.12. The van der Waals surface area contributed by atoms with E-state index in [9.17, 15) is 5.11 Å². The van der Waals surface area contributed by atoms with E-state index in [0.29, 0.717) is 12.5 Å². The Hall–Kier alpha value is -1.16. The molecule has 0 aliphatic heterocycles. The monoisotopic (exact) mass is 261 g/mol. The van der Waals surface area contributed by atoms with E-state index in [1.807, 2.05) is 23.6 Å². The number of aliphatic hydroxyl groups excluding tert-OH is 1. The first-order chi connectivity index (χ1) is 8.77. The van der Waals surface area contributed by atoms with Gasteiger partial charge in [0.15, 0.2) is 0 Å². The van der Waals surface area contributed by atoms with Gasteiger partial charge in [0.1, 0.15) is 6.10 Å². The molecule has 3 heteroatoms. The second-order valence-electron chi connectivity index (χ2n) is 4.50. The first kappa shape index (κ1) is 13.3. The fraction of sp³-hybridized carbons (Fsp3) is 0.333. The molecule has 18 heavy (non-hydrogen) atoms. The summed E-state index contributed by atoms with van der Waals surface area (Å²) in [5, 5.41) is 15.3. The van der Waals surface area contributed by atoms with Crippen molar-refractivity contribution in [2.75, 3.05) is 13.1 Å². The summed E-state index contributed by atoms with van der Waals surface area (Å²) in [7, 11) is 0. The number of hydrogen-bond donors (Lipinski definition) is 2. The SMILES string of the molecule is CC(CNCC(O)c1cccs1)c1ccccc1. The van der Waals surface area contributed by atoms with Crippen molar-refractivity contribution in [2.24, 2.45) is 0 Å². The van der Waals surface area contributed by atoms with Crippen molar-refractivity contribution < 1.29 is 5.11 Å². The van der Waals surface area contributed by atoms with E-state index in [0.717, 1.165) is 11.4 Å². The minimum absolute atomic E-state index is 0.395. The molecule has 2 unspecified atom stereocenters. The molecule has 0 radical (unpaired) electrons. The van der Waals surface area contributed by atoms with Gasteiger partial charge < -0.3 is 10.4 Å². The van der Waals surface area contributed by atoms with Gasteiger partial charge in [0.05, 0.1) is 0 Å². The second-order valence-corrected chi connectivity index (χ2v) is 5.48. The van der Waals surface area contributed by atoms with E-state index in [4.69, 9.17) is 0 Å². The molecule has 1 heterocycles. The molecule has 2 N–H and O–H groups in total. The van der Waals surface area contributed by atoms with Crippen LogP contribution in [0, 0.1) is 0 Å². The Labute approximate surface area is 112 Å². The number of nitrogens with one attached hydrogen (secondary N) is 1. The van der Waals surface area contributed by atoms with Gasteiger partial charge >= 0.3 is 0 Å². The normalized spacial score (nSPS) is 14.3. The predicted molar refractivity (Wildman–Crippen MR) is 77.0 cm³/mol. The Morgan fingerprint density at radius 2 is 1.89 bits per heavy atom. The molecule has 2 nitrogen and oxygen atoms in total. The molecule has 1 aromatic heterocycles. The highest BCUT2D eigenvalue weighted by molar-refractivity contribution is 7.10. The zero-order valence-corrected chi connectivity index (χ0v) is 11.4. The van der Waals surface area contributed by atoms with Crippen LogP contribution in [0.2, 0.25) is 0 Å². The highest BCUT2D eigenvalue weighted by atomic mass is 32.1. The molecule has 0 saturated heterocycles. The number of aliphatic hydroxyl groups is 1. The van der Waals surface area contributed by atoms with E-state index in [1.165, 1.54) is 5.56 Å². The van der Waals surface area contributed by atoms with Gasteiger partial charge in [-0.05, 0) is 22.9 Å². The molecular weight excluding hydrogens is 242 g/mol. The zero-order chi connectivity index (χ0) is 12.8. The lowest BCUT2D eigenvalue weighted by Crippen LogP contribution is -2.25. The van der Waals surface area contributed by atoms with E-state index < -0.39 is 6.10 Å². The molecule has 96 valence electrons. The van der Waals surface area contributed by atoms with Crippen LogP contribution >= 0.6 is 11.3 Å². The highest BCUT2D eigenvalue weighted by Crippen LogP contribution is 2.18. The van der Waals surface area contributed by atoms with Crippen molar-refractivity contribution in [1.82, 2.24) is 5.32 Å². The largest absolute Gasteiger partial charge is 0.386 e. The van der Waals surface area contributed by atoms with Crippen molar-refractivity contribution in [3.63, 3.8) is 0 Å². The third-order valence-corrected chi connectivity index (χ3v) is 4.00. The van der Waals surface area contributed by atoms with E-state index in [-0.39, 0.29) is 0 Å². The molecular formula is C15H19NOS. The highest BCUT2D eigenvalue weighted by Gasteiger charge is 2.09. The minimum atomic E-state index is -0.395. The first-order valence-electron chi connectivity index (χ1n) is 6.24. The Bertz CT molecular complexity index is 441. The van der Waals surface area contributed by atoms with Crippen LogP contribution in [-0.2, 0) is 0 Å². The summed E-state index contributed by atoms with van der Waals surface area (Å²) in [5.74, 6) is 0.460. The van der Waals surface area contributed by atoms with Crippen molar-refractivity contribution in [2.45, 2.75) is 18.9 Å². The standard InChI is InChI=1S/C15H19NOS/c1-12(13-6-3-2-4-7-13)10-16-11-14(17)15-8-5-9-18-15/h2-9,12,14,16-17H,10-11H2,1H3. The molecule has 2 aromatic rings. The van der Waals surface area contributed by atoms with Crippen molar-refractivity contribution in [3.8, 4) is 0 Å². The molecule has 0 aliphatic rings. The molecule has 1 aromatic carbocycles. The van der Waals surface area contributed by atoms with Crippen LogP contribution in [0.3, 0.4) is 0 Å². The van der Waals surface area contributed by atoms with Crippen molar-refractivity contribution in [3.05, 3.63) is 58.3 Å². The van der Waals surface area contributed by atoms with Gasteiger partial charge in [-0.25, -0.2) is 0 Å². The van der Waals surface area contributed by atoms with Crippen LogP contribution in [0.5, 0.6) is 0 Å². The number of benzene rings is 1. The summed E-state index contributed by atoms with van der Waals surface area (Å²) in [6.07, 6.45) is -0.395. The van der Waals surface area contributed by atoms with Crippen LogP contribution < -0.4 is 5.32 Å². The minimum Gasteiger partial charge on any atom is -0.386 e. The molecule has 0 fully saturated rings. The Morgan fingerprint density at radius 3 is 2.56 bits per heavy atom. The van der Waals surface area contributed by atoms with E-state index in [2.05, 4.69) is 36.5 Å². The molecule has 0 amide bonds. The van der Waals surface area contributed by atoms with Crippen LogP contribution in [0.1, 0.15) is 29.4 Å². The fourth-order valence-electron chi connectivity index (χ4n) is 1.92. The summed E-state index contributed by atoms with van der Waals surface area (Å²) >= 11 is 1.60. The third-order valence-electron chi connectivity index (χ3n) is 3.03. The van der Waals surface area contributed by atoms with Gasteiger partial charge in [0, 0.05) is 18.0 Å². The summed E-state index contributed by atoms with van der Waals surface area (Å²) in [4.78, 5) is 1.02. The Morgan fingerprint density at radius 1 is 1.11 bits per heavy atom. The van der Waals surface area contributed by atoms with Crippen LogP contribution in [0.15, 0.2) is 47.8 Å². The maximum atomic E-state index is 9.94. The van der Waals surface area contributed by atoms with Gasteiger partial charge in [-0.1, -0.05) is 43.3 Å². The lowest BCUT2D eigenvalue weighted by atomic mass is 10.0. The second kappa shape index (κ2) is 6.69. The smallest absolute Gasteiger partial charge is 0.101 e. The number of rotatable bonds is 6. The molecule has 0 spiro atoms. The molecule has 0 aliphatic carbocycles. The quantitative estimate of drug-likeness (QED) is 0.837. The summed E-state index contributed by atoms with van der Waals surface area (Å²) in [5.41, 5.74) is 1.33. The Balaban J connectivity index is 1.76. The Kier molecular flexibility index (Phi) is 4.93. The van der Waals surface area contributed by atoms with E-state index >= 15 is 0 Å². The van der Waals surface area contributed by atoms with Gasteiger partial charge in [-0.3, -0.25) is 0 Å². The lowest BCUT2D eigenvalue weighted by Gasteiger charge is -2.15. The lowest BCUT2D eigenvalue weighted by molar-refractivity contribution is 0.178. The van der Waals surface area contributed by atoms with Gasteiger partial charge in [-0.15, -0.1) is 11.3 Å². The predicted octanol–water partition coefficient (Wildman–Crippen LogP) is 3.17. The molecule has 0 saturated carbocycles. The maximum Gasteiger partial charge on any atom is 0.101 e. The fourth-order valence-corrected chi connectivity index (χ4v) is 2.63. The molecule has 0 bridgehead atoms. The van der Waals surface area contributed by atoms with Gasteiger partial charge in [0.25, 0.3) is 0 Å². The van der Waals surface area contributed by atoms with E-state index in [1.54, 1.807) is 11.3 Å². The van der Waals surface area contributed by atoms with Crippen LogP contribution in [-0.4, -0.2) is 18.2 Å². The topological polar surface area (TPSA) is 32.3 Å².